The van der Waals surface area contributed by atoms with Gasteiger partial charge in [-0.25, -0.2) is 4.79 Å². The fourth-order valence-corrected chi connectivity index (χ4v) is 0.431. The van der Waals surface area contributed by atoms with Gasteiger partial charge in [-0.1, -0.05) is 0 Å². The second-order valence-corrected chi connectivity index (χ2v) is 1.76. The van der Waals surface area contributed by atoms with Gasteiger partial charge in [-0.05, 0) is 0 Å². The molecule has 0 aliphatic rings. The van der Waals surface area contributed by atoms with Crippen molar-refractivity contribution in [1.29, 1.82) is 0 Å². The smallest absolute Gasteiger partial charge is 0.348 e. The summed E-state index contributed by atoms with van der Waals surface area (Å²) in [5.41, 5.74) is 0. The van der Waals surface area contributed by atoms with Crippen LogP contribution in [0.4, 0.5) is 0 Å². The second-order valence-electron chi connectivity index (χ2n) is 1.10. The van der Waals surface area contributed by atoms with E-state index in [2.05, 4.69) is 4.74 Å². The van der Waals surface area contributed by atoms with Crippen LogP contribution in [0, 0.1) is 0 Å². The summed E-state index contributed by atoms with van der Waals surface area (Å²) in [5, 5.41) is 7.86. The van der Waals surface area contributed by atoms with Crippen LogP contribution < -0.4 is 0 Å². The average molecular weight is 148 g/mol. The summed E-state index contributed by atoms with van der Waals surface area (Å²) < 4.78 is 14.0. The Balaban J connectivity index is 4.14. The Bertz CT molecular complexity index is 151. The van der Waals surface area contributed by atoms with Gasteiger partial charge in [-0.2, -0.15) is 0 Å². The molecule has 0 spiro atoms. The quantitative estimate of drug-likeness (QED) is 0.273. The number of methoxy groups -OCH3 is 1. The molecule has 0 aliphatic heterocycles. The highest BCUT2D eigenvalue weighted by atomic mass is 31.1. The highest BCUT2D eigenvalue weighted by Crippen LogP contribution is 2.10. The standard InChI is InChI=1S/C4H5O4P/c1-8-4(6)3(2-5)9-7/h2,5H,1H3. The van der Waals surface area contributed by atoms with Crippen LogP contribution in [-0.4, -0.2) is 18.2 Å². The lowest BCUT2D eigenvalue weighted by molar-refractivity contribution is -0.135. The molecule has 0 heterocycles. The molecular weight excluding hydrogens is 143 g/mol. The van der Waals surface area contributed by atoms with Crippen molar-refractivity contribution in [2.45, 2.75) is 0 Å². The molecular formula is C4H5O4P. The SMILES string of the molecule is COC(=O)C(=CO)P=O. The van der Waals surface area contributed by atoms with Crippen molar-refractivity contribution in [3.8, 4) is 0 Å². The molecule has 0 amide bonds. The maximum absolute atomic E-state index is 10.3. The molecule has 0 fully saturated rings. The van der Waals surface area contributed by atoms with E-state index in [0.717, 1.165) is 7.11 Å². The van der Waals surface area contributed by atoms with E-state index in [9.17, 15) is 9.36 Å². The summed E-state index contributed by atoms with van der Waals surface area (Å²) in [6, 6.07) is 0. The zero-order valence-electron chi connectivity index (χ0n) is 4.70. The molecule has 0 aromatic carbocycles. The van der Waals surface area contributed by atoms with Crippen LogP contribution in [0.3, 0.4) is 0 Å². The fourth-order valence-electron chi connectivity index (χ4n) is 0.218. The Morgan fingerprint density at radius 2 is 2.33 bits per heavy atom. The molecule has 5 heteroatoms. The maximum Gasteiger partial charge on any atom is 0.348 e. The Morgan fingerprint density at radius 3 is 2.44 bits per heavy atom. The number of rotatable bonds is 2. The number of hydrogen-bond acceptors (Lipinski definition) is 4. The molecule has 0 aromatic rings. The summed E-state index contributed by atoms with van der Waals surface area (Å²) >= 11 is 0. The molecule has 0 atom stereocenters. The molecule has 9 heavy (non-hydrogen) atoms. The number of ether oxygens (including phenoxy) is 1. The van der Waals surface area contributed by atoms with Gasteiger partial charge >= 0.3 is 5.97 Å². The molecule has 50 valence electrons. The topological polar surface area (TPSA) is 63.6 Å². The largest absolute Gasteiger partial charge is 0.514 e. The van der Waals surface area contributed by atoms with Crippen molar-refractivity contribution in [2.75, 3.05) is 7.11 Å². The van der Waals surface area contributed by atoms with Crippen molar-refractivity contribution in [3.63, 3.8) is 0 Å². The molecule has 0 aliphatic carbocycles. The second kappa shape index (κ2) is 4.04. The van der Waals surface area contributed by atoms with E-state index in [-0.39, 0.29) is 5.31 Å². The van der Waals surface area contributed by atoms with Gasteiger partial charge in [0.25, 0.3) is 0 Å². The van der Waals surface area contributed by atoms with Crippen LogP contribution in [0.5, 0.6) is 0 Å². The minimum absolute atomic E-state index is 0.294. The van der Waals surface area contributed by atoms with Crippen molar-refractivity contribution in [1.82, 2.24) is 0 Å². The Kier molecular flexibility index (Phi) is 3.64. The third kappa shape index (κ3) is 2.24. The van der Waals surface area contributed by atoms with Gasteiger partial charge in [-0.15, -0.1) is 0 Å². The number of aliphatic hydroxyl groups is 1. The zero-order valence-corrected chi connectivity index (χ0v) is 5.59. The summed E-state index contributed by atoms with van der Waals surface area (Å²) in [7, 11) is 0.592. The van der Waals surface area contributed by atoms with E-state index >= 15 is 0 Å². The summed E-state index contributed by atoms with van der Waals surface area (Å²) in [6.45, 7) is 0. The zero-order chi connectivity index (χ0) is 7.28. The van der Waals surface area contributed by atoms with Crippen LogP contribution in [0.1, 0.15) is 0 Å². The summed E-state index contributed by atoms with van der Waals surface area (Å²) in [5.74, 6) is -0.797. The normalized spacial score (nSPS) is 11.4. The van der Waals surface area contributed by atoms with Crippen molar-refractivity contribution in [2.24, 2.45) is 0 Å². The number of carbonyl (C=O) groups is 1. The molecule has 0 aromatic heterocycles. The first-order valence-corrected chi connectivity index (χ1v) is 2.83. The third-order valence-electron chi connectivity index (χ3n) is 0.615. The molecule has 0 unspecified atom stereocenters. The van der Waals surface area contributed by atoms with Crippen molar-refractivity contribution < 1.29 is 19.2 Å². The fraction of sp³-hybridized carbons (Fsp3) is 0.250. The highest BCUT2D eigenvalue weighted by molar-refractivity contribution is 7.31. The van der Waals surface area contributed by atoms with E-state index < -0.39 is 14.4 Å². The molecule has 4 nitrogen and oxygen atoms in total. The Morgan fingerprint density at radius 1 is 1.78 bits per heavy atom. The van der Waals surface area contributed by atoms with E-state index in [1.807, 2.05) is 0 Å². The van der Waals surface area contributed by atoms with E-state index in [0.29, 0.717) is 6.26 Å². The Labute approximate surface area is 53.3 Å². The molecule has 0 bridgehead atoms. The first kappa shape index (κ1) is 8.11. The predicted octanol–water partition coefficient (Wildman–Crippen LogP) is 0.850. The minimum Gasteiger partial charge on any atom is -0.514 e. The van der Waals surface area contributed by atoms with E-state index in [4.69, 9.17) is 5.11 Å². The monoisotopic (exact) mass is 148 g/mol. The number of aliphatic hydroxyl groups excluding tert-OH is 1. The van der Waals surface area contributed by atoms with Gasteiger partial charge < -0.3 is 9.84 Å². The predicted molar refractivity (Wildman–Crippen MR) is 30.3 cm³/mol. The lowest BCUT2D eigenvalue weighted by atomic mass is 10.6. The van der Waals surface area contributed by atoms with Gasteiger partial charge in [-0.3, -0.25) is 4.57 Å². The molecule has 0 rings (SSSR count). The number of esters is 1. The van der Waals surface area contributed by atoms with E-state index in [1.54, 1.807) is 0 Å². The van der Waals surface area contributed by atoms with Crippen LogP contribution in [0.2, 0.25) is 0 Å². The third-order valence-corrected chi connectivity index (χ3v) is 1.11. The minimum atomic E-state index is -0.797. The van der Waals surface area contributed by atoms with Crippen LogP contribution in [0.25, 0.3) is 0 Å². The van der Waals surface area contributed by atoms with Crippen LogP contribution >= 0.6 is 8.46 Å². The molecule has 0 radical (unpaired) electrons. The molecule has 0 saturated carbocycles. The van der Waals surface area contributed by atoms with Gasteiger partial charge in [0.2, 0.25) is 8.46 Å². The van der Waals surface area contributed by atoms with Gasteiger partial charge in [0.1, 0.15) is 6.26 Å². The Hall–Kier alpha value is -0.890. The maximum atomic E-state index is 10.3. The van der Waals surface area contributed by atoms with Crippen molar-refractivity contribution in [3.05, 3.63) is 11.6 Å². The summed E-state index contributed by atoms with van der Waals surface area (Å²) in [4.78, 5) is 10.3. The lowest BCUT2D eigenvalue weighted by Gasteiger charge is -1.91. The highest BCUT2D eigenvalue weighted by Gasteiger charge is 2.07. The van der Waals surface area contributed by atoms with E-state index in [1.165, 1.54) is 0 Å². The lowest BCUT2D eigenvalue weighted by Crippen LogP contribution is -1.99. The number of hydrogen-bond donors (Lipinski definition) is 1. The van der Waals surface area contributed by atoms with Crippen molar-refractivity contribution >= 4 is 14.4 Å². The first-order chi connectivity index (χ1) is 4.26. The molecule has 0 saturated heterocycles. The number of carbonyl (C=O) groups excluding carboxylic acids is 1. The van der Waals surface area contributed by atoms with Gasteiger partial charge in [0.05, 0.1) is 7.11 Å². The average Bonchev–Trinajstić information content (AvgIpc) is 1.90. The first-order valence-electron chi connectivity index (χ1n) is 2.02. The molecule has 1 N–H and O–H groups in total. The van der Waals surface area contributed by atoms with Crippen LogP contribution in [0.15, 0.2) is 11.6 Å². The summed E-state index contributed by atoms with van der Waals surface area (Å²) in [6.07, 6.45) is 0.445. The van der Waals surface area contributed by atoms with Crippen LogP contribution in [-0.2, 0) is 14.1 Å². The van der Waals surface area contributed by atoms with Gasteiger partial charge in [0, 0.05) is 0 Å². The van der Waals surface area contributed by atoms with Gasteiger partial charge in [0.15, 0.2) is 5.31 Å².